The summed E-state index contributed by atoms with van der Waals surface area (Å²) < 4.78 is 0. The van der Waals surface area contributed by atoms with E-state index in [4.69, 9.17) is 11.6 Å². The molecule has 0 saturated heterocycles. The van der Waals surface area contributed by atoms with E-state index in [1.54, 1.807) is 0 Å². The van der Waals surface area contributed by atoms with Gasteiger partial charge in [-0.3, -0.25) is 0 Å². The molecule has 0 rings (SSSR count). The summed E-state index contributed by atoms with van der Waals surface area (Å²) in [6.45, 7) is 0. The monoisotopic (exact) mass is 70.0 g/mol. The molecule has 20 valence electrons. The zero-order valence-electron chi connectivity index (χ0n) is 2.09. The van der Waals surface area contributed by atoms with Gasteiger partial charge in [0.2, 0.25) is 0 Å². The molecule has 0 nitrogen and oxygen atoms in total. The van der Waals surface area contributed by atoms with E-state index in [9.17, 15) is 0 Å². The number of hydrogen-bond acceptors (Lipinski definition) is 0. The van der Waals surface area contributed by atoms with Crippen molar-refractivity contribution < 1.29 is 0 Å². The summed E-state index contributed by atoms with van der Waals surface area (Å²) in [6.07, 6.45) is 0. The van der Waals surface area contributed by atoms with Crippen molar-refractivity contribution in [2.75, 3.05) is 5.78 Å². The third-order valence-corrected chi connectivity index (χ3v) is 0. The summed E-state index contributed by atoms with van der Waals surface area (Å²) >= 11 is 5.00. The molecule has 3 heteroatoms. The second kappa shape index (κ2) is 9.04. The van der Waals surface area contributed by atoms with E-state index in [-0.39, 0.29) is 18.9 Å². The predicted octanol–water partition coefficient (Wildman–Crippen LogP) is -0.833. The van der Waals surface area contributed by atoms with Gasteiger partial charge in [-0.1, -0.05) is 0 Å². The molecule has 0 saturated carbocycles. The first-order valence-corrected chi connectivity index (χ1v) is 1.51. The summed E-state index contributed by atoms with van der Waals surface area (Å²) in [5.74, 6) is 0.722. The molecule has 0 spiro atoms. The fourth-order valence-electron chi connectivity index (χ4n) is 0. The van der Waals surface area contributed by atoms with Crippen LogP contribution >= 0.6 is 11.6 Å². The van der Waals surface area contributed by atoms with Crippen molar-refractivity contribution in [3.8, 4) is 0 Å². The third-order valence-electron chi connectivity index (χ3n) is 0. The van der Waals surface area contributed by atoms with Crippen molar-refractivity contribution >= 4 is 38.3 Å². The van der Waals surface area contributed by atoms with E-state index < -0.39 is 0 Å². The molecule has 0 fully saturated rings. The Morgan fingerprint density at radius 1 is 1.75 bits per heavy atom. The molecule has 0 aliphatic carbocycles. The van der Waals surface area contributed by atoms with Gasteiger partial charge < -0.3 is 0 Å². The fourth-order valence-corrected chi connectivity index (χ4v) is 0. The van der Waals surface area contributed by atoms with Gasteiger partial charge in [0, 0.05) is 0 Å². The van der Waals surface area contributed by atoms with Gasteiger partial charge in [0.25, 0.3) is 0 Å². The summed E-state index contributed by atoms with van der Waals surface area (Å²) in [5.41, 5.74) is 0. The van der Waals surface area contributed by atoms with Crippen LogP contribution in [0.4, 0.5) is 0 Å². The van der Waals surface area contributed by atoms with Crippen LogP contribution in [0.2, 0.25) is 0 Å². The van der Waals surface area contributed by atoms with Crippen LogP contribution in [0.15, 0.2) is 0 Å². The quantitative estimate of drug-likeness (QED) is 0.258. The molecule has 0 atom stereocenters. The van der Waals surface area contributed by atoms with Crippen LogP contribution in [0, 0.1) is 0 Å². The van der Waals surface area contributed by atoms with Crippen LogP contribution in [0.25, 0.3) is 0 Å². The average molecular weight is 70.3 g/mol. The normalized spacial score (nSPS) is 4.25. The third kappa shape index (κ3) is 12.4. The number of rotatable bonds is 0. The maximum atomic E-state index is 5.00. The Bertz CT molecular complexity index is 8.00. The molecule has 0 aromatic heterocycles. The Labute approximate surface area is 44.5 Å². The van der Waals surface area contributed by atoms with Crippen molar-refractivity contribution in [1.29, 1.82) is 0 Å². The number of halogens is 1. The Balaban J connectivity index is 0. The van der Waals surface area contributed by atoms with E-state index in [2.05, 4.69) is 0 Å². The fraction of sp³-hybridized carbons (Fsp3) is 1.00. The van der Waals surface area contributed by atoms with E-state index in [1.165, 1.54) is 0 Å². The van der Waals surface area contributed by atoms with Crippen LogP contribution < -0.4 is 0 Å². The number of alkyl halides is 1. The molecule has 4 heavy (non-hydrogen) atoms. The van der Waals surface area contributed by atoms with E-state index in [0.29, 0.717) is 0 Å². The first-order chi connectivity index (χ1) is 1.41. The van der Waals surface area contributed by atoms with Crippen LogP contribution in [-0.4, -0.2) is 32.5 Å². The molecule has 0 N–H and O–H groups in total. The van der Waals surface area contributed by atoms with Crippen molar-refractivity contribution in [2.24, 2.45) is 0 Å². The van der Waals surface area contributed by atoms with Gasteiger partial charge in [-0.2, -0.15) is 0 Å². The van der Waals surface area contributed by atoms with Crippen molar-refractivity contribution in [1.82, 2.24) is 0 Å². The molecule has 0 aromatic rings. The Morgan fingerprint density at radius 2 is 1.75 bits per heavy atom. The van der Waals surface area contributed by atoms with Gasteiger partial charge in [0.15, 0.2) is 0 Å². The molecular weight excluding hydrogens is 65.2 g/mol. The van der Waals surface area contributed by atoms with Gasteiger partial charge in [-0.15, -0.1) is 11.6 Å². The second-order valence-electron chi connectivity index (χ2n) is 0.267. The zero-order valence-corrected chi connectivity index (χ0v) is 2.84. The Morgan fingerprint density at radius 3 is 1.75 bits per heavy atom. The zero-order chi connectivity index (χ0) is 2.71. The number of hydrogen-bond donors (Lipinski definition) is 0. The molecular formula is CH5BClLi. The molecule has 0 heterocycles. The first kappa shape index (κ1) is 8.88. The molecule has 0 aromatic carbocycles. The summed E-state index contributed by atoms with van der Waals surface area (Å²) in [7, 11) is 1.89. The molecule has 0 bridgehead atoms. The molecule has 0 unspecified atom stereocenters. The topological polar surface area (TPSA) is 0 Å². The van der Waals surface area contributed by atoms with E-state index in [1.807, 2.05) is 7.85 Å². The van der Waals surface area contributed by atoms with Crippen LogP contribution in [-0.2, 0) is 0 Å². The van der Waals surface area contributed by atoms with Gasteiger partial charge >= 0.3 is 18.9 Å². The van der Waals surface area contributed by atoms with Crippen molar-refractivity contribution in [2.45, 2.75) is 0 Å². The SMILES string of the molecule is BCCl.[LiH]. The standard InChI is InChI=1S/CH4BCl.Li.H/c2-1-3;;/h1-2H2;;. The minimum absolute atomic E-state index is 0. The Kier molecular flexibility index (Phi) is 20.1. The Hall–Kier alpha value is 0.952. The van der Waals surface area contributed by atoms with Crippen molar-refractivity contribution in [3.63, 3.8) is 0 Å². The molecule has 0 aliphatic heterocycles. The summed E-state index contributed by atoms with van der Waals surface area (Å²) in [5, 5.41) is 0. The predicted molar refractivity (Wildman–Crippen MR) is 26.4 cm³/mol. The van der Waals surface area contributed by atoms with Crippen molar-refractivity contribution in [3.05, 3.63) is 0 Å². The van der Waals surface area contributed by atoms with Crippen LogP contribution in [0.3, 0.4) is 0 Å². The minimum atomic E-state index is 0. The van der Waals surface area contributed by atoms with Crippen LogP contribution in [0.1, 0.15) is 0 Å². The van der Waals surface area contributed by atoms with Crippen LogP contribution in [0.5, 0.6) is 0 Å². The first-order valence-electron chi connectivity index (χ1n) is 0.974. The second-order valence-corrected chi connectivity index (χ2v) is 0.802. The van der Waals surface area contributed by atoms with E-state index >= 15 is 0 Å². The summed E-state index contributed by atoms with van der Waals surface area (Å²) in [4.78, 5) is 0. The van der Waals surface area contributed by atoms with E-state index in [0.717, 1.165) is 5.78 Å². The van der Waals surface area contributed by atoms with Gasteiger partial charge in [0.05, 0.1) is 0 Å². The average Bonchev–Trinajstić information content (AvgIpc) is 0.918. The van der Waals surface area contributed by atoms with Gasteiger partial charge in [0.1, 0.15) is 7.85 Å². The maximum absolute atomic E-state index is 5.00. The van der Waals surface area contributed by atoms with Gasteiger partial charge in [-0.05, 0) is 5.78 Å². The molecule has 0 aliphatic rings. The summed E-state index contributed by atoms with van der Waals surface area (Å²) in [6, 6.07) is 0. The van der Waals surface area contributed by atoms with Gasteiger partial charge in [-0.25, -0.2) is 0 Å². The molecule has 0 amide bonds. The molecule has 0 radical (unpaired) electrons.